The Kier molecular flexibility index (Phi) is 16.7. The fourth-order valence-corrected chi connectivity index (χ4v) is 3.98. The lowest BCUT2D eigenvalue weighted by molar-refractivity contribution is -0.316. The lowest BCUT2D eigenvalue weighted by atomic mass is 10.1. The molecule has 0 bridgehead atoms. The van der Waals surface area contributed by atoms with Crippen molar-refractivity contribution < 1.29 is 28.7 Å². The SMILES string of the molecule is CCCCCC(N)CC(P(=O)([O-])[O-])P(=O)([O-])O.[NH4+].[NH4+].[NH4+]. The molecule has 0 aromatic heterocycles. The van der Waals surface area contributed by atoms with Crippen molar-refractivity contribution in [3.05, 3.63) is 0 Å². The number of hydrogen-bond donors (Lipinski definition) is 5. The van der Waals surface area contributed by atoms with Crippen LogP contribution >= 0.6 is 15.2 Å². The molecule has 0 saturated heterocycles. The highest BCUT2D eigenvalue weighted by atomic mass is 31.2. The van der Waals surface area contributed by atoms with Gasteiger partial charge in [-0.2, -0.15) is 0 Å². The molecule has 15 N–H and O–H groups in total. The first kappa shape index (κ1) is 28.3. The standard InChI is InChI=1S/C8H21NO6P2.3H3N/c1-2-3-4-5-7(9)6-8(16(10,11)12)17(13,14)15;;;/h7-8H,2-6,9H2,1H3,(H2,10,11,12)(H2,13,14,15);3*1H3. The maximum Gasteiger partial charge on any atom is 0.140 e. The van der Waals surface area contributed by atoms with Crippen LogP contribution < -0.4 is 38.9 Å². The molecule has 3 unspecified atom stereocenters. The summed E-state index contributed by atoms with van der Waals surface area (Å²) >= 11 is 0. The summed E-state index contributed by atoms with van der Waals surface area (Å²) in [5, 5.41) is -2.31. The molecule has 0 aliphatic rings. The molecule has 0 spiro atoms. The molecule has 0 aromatic rings. The minimum absolute atomic E-state index is 0. The van der Waals surface area contributed by atoms with Crippen LogP contribution in [0.25, 0.3) is 0 Å². The smallest absolute Gasteiger partial charge is 0.140 e. The van der Waals surface area contributed by atoms with Gasteiger partial charge in [-0.25, -0.2) is 0 Å². The zero-order valence-electron chi connectivity index (χ0n) is 12.7. The molecule has 0 aliphatic heterocycles. The third kappa shape index (κ3) is 11.9. The highest BCUT2D eigenvalue weighted by molar-refractivity contribution is 7.68. The normalized spacial score (nSPS) is 16.7. The van der Waals surface area contributed by atoms with Crippen LogP contribution in [0.5, 0.6) is 0 Å². The second kappa shape index (κ2) is 11.8. The molecule has 0 aromatic carbocycles. The van der Waals surface area contributed by atoms with E-state index in [9.17, 15) is 23.8 Å². The zero-order chi connectivity index (χ0) is 13.7. The van der Waals surface area contributed by atoms with E-state index in [1.54, 1.807) is 0 Å². The van der Waals surface area contributed by atoms with Crippen LogP contribution in [-0.4, -0.2) is 16.3 Å². The van der Waals surface area contributed by atoms with E-state index in [1.165, 1.54) is 0 Å². The Hall–Kier alpha value is 0.140. The summed E-state index contributed by atoms with van der Waals surface area (Å²) in [6.07, 6.45) is 2.42. The topological polar surface area (TPSA) is 259 Å². The minimum Gasteiger partial charge on any atom is -0.810 e. The maximum atomic E-state index is 10.8. The molecule has 12 heteroatoms. The largest absolute Gasteiger partial charge is 0.810 e. The molecule has 20 heavy (non-hydrogen) atoms. The maximum absolute atomic E-state index is 10.8. The molecule has 0 radical (unpaired) electrons. The van der Waals surface area contributed by atoms with Crippen molar-refractivity contribution in [3.63, 3.8) is 0 Å². The van der Waals surface area contributed by atoms with E-state index < -0.39 is 33.1 Å². The molecule has 0 amide bonds. The van der Waals surface area contributed by atoms with Gasteiger partial charge in [-0.05, 0) is 12.8 Å². The van der Waals surface area contributed by atoms with Crippen molar-refractivity contribution in [1.29, 1.82) is 0 Å². The zero-order valence-corrected chi connectivity index (χ0v) is 14.4. The van der Waals surface area contributed by atoms with Crippen LogP contribution in [0.15, 0.2) is 0 Å². The summed E-state index contributed by atoms with van der Waals surface area (Å²) in [6, 6.07) is -0.725. The molecule has 3 atom stereocenters. The van der Waals surface area contributed by atoms with E-state index in [-0.39, 0.29) is 18.5 Å². The van der Waals surface area contributed by atoms with E-state index >= 15 is 0 Å². The summed E-state index contributed by atoms with van der Waals surface area (Å²) < 4.78 is 21.5. The molecule has 128 valence electrons. The average molecular weight is 340 g/mol. The van der Waals surface area contributed by atoms with Gasteiger partial charge in [0.15, 0.2) is 0 Å². The summed E-state index contributed by atoms with van der Waals surface area (Å²) in [5.74, 6) is 0. The highest BCUT2D eigenvalue weighted by Crippen LogP contribution is 2.54. The predicted octanol–water partition coefficient (Wildman–Crippen LogP) is 0.198. The van der Waals surface area contributed by atoms with Gasteiger partial charge in [0.05, 0.1) is 5.40 Å². The number of unbranched alkanes of at least 4 members (excludes halogenated alkanes) is 2. The summed E-state index contributed by atoms with van der Waals surface area (Å²) in [5.41, 5.74) is 5.54. The van der Waals surface area contributed by atoms with Gasteiger partial charge in [0.25, 0.3) is 0 Å². The molecule has 10 nitrogen and oxygen atoms in total. The lowest BCUT2D eigenvalue weighted by Gasteiger charge is -2.43. The molecular weight excluding hydrogens is 310 g/mol. The Morgan fingerprint density at radius 3 is 1.85 bits per heavy atom. The predicted molar refractivity (Wildman–Crippen MR) is 75.9 cm³/mol. The molecule has 0 heterocycles. The molecule has 0 fully saturated rings. The fraction of sp³-hybridized carbons (Fsp3) is 1.00. The van der Waals surface area contributed by atoms with Crippen molar-refractivity contribution in [1.82, 2.24) is 18.5 Å². The van der Waals surface area contributed by atoms with Gasteiger partial charge in [-0.1, -0.05) is 33.8 Å². The lowest BCUT2D eigenvalue weighted by Crippen LogP contribution is -2.35. The molecule has 0 aliphatic carbocycles. The quantitative estimate of drug-likeness (QED) is 0.302. The summed E-state index contributed by atoms with van der Waals surface area (Å²) in [7, 11) is -10.6. The first-order chi connectivity index (χ1) is 7.59. The molecule has 0 saturated carbocycles. The Bertz CT molecular complexity index is 298. The Morgan fingerprint density at radius 2 is 1.55 bits per heavy atom. The van der Waals surface area contributed by atoms with Gasteiger partial charge >= 0.3 is 0 Å². The van der Waals surface area contributed by atoms with E-state index in [1.807, 2.05) is 6.92 Å². The Labute approximate surface area is 119 Å². The summed E-state index contributed by atoms with van der Waals surface area (Å²) in [4.78, 5) is 41.0. The van der Waals surface area contributed by atoms with Crippen LogP contribution in [0.4, 0.5) is 0 Å². The fourth-order valence-electron chi connectivity index (χ4n) is 1.49. The van der Waals surface area contributed by atoms with Gasteiger partial charge in [0.2, 0.25) is 0 Å². The van der Waals surface area contributed by atoms with Crippen molar-refractivity contribution in [3.8, 4) is 0 Å². The van der Waals surface area contributed by atoms with Crippen LogP contribution in [0.3, 0.4) is 0 Å². The first-order valence-electron chi connectivity index (χ1n) is 5.39. The van der Waals surface area contributed by atoms with Gasteiger partial charge in [0.1, 0.15) is 7.60 Å². The highest BCUT2D eigenvalue weighted by Gasteiger charge is 2.26. The van der Waals surface area contributed by atoms with Crippen LogP contribution in [0.1, 0.15) is 39.0 Å². The van der Waals surface area contributed by atoms with Crippen LogP contribution in [-0.2, 0) is 9.13 Å². The number of quaternary nitrogens is 3. The van der Waals surface area contributed by atoms with E-state index in [4.69, 9.17) is 10.6 Å². The van der Waals surface area contributed by atoms with Crippen molar-refractivity contribution in [2.45, 2.75) is 50.5 Å². The molecule has 0 rings (SSSR count). The van der Waals surface area contributed by atoms with Crippen molar-refractivity contribution in [2.75, 3.05) is 0 Å². The van der Waals surface area contributed by atoms with Gasteiger partial charge in [0, 0.05) is 6.04 Å². The minimum atomic E-state index is -5.40. The second-order valence-electron chi connectivity index (χ2n) is 4.08. The van der Waals surface area contributed by atoms with Gasteiger partial charge in [-0.15, -0.1) is 0 Å². The van der Waals surface area contributed by atoms with Gasteiger partial charge in [-0.3, -0.25) is 0 Å². The van der Waals surface area contributed by atoms with Crippen LogP contribution in [0, 0.1) is 0 Å². The monoisotopic (exact) mass is 340 g/mol. The second-order valence-corrected chi connectivity index (χ2v) is 7.94. The van der Waals surface area contributed by atoms with E-state index in [2.05, 4.69) is 0 Å². The van der Waals surface area contributed by atoms with Crippen molar-refractivity contribution in [2.24, 2.45) is 5.73 Å². The summed E-state index contributed by atoms with van der Waals surface area (Å²) in [6.45, 7) is 1.97. The Morgan fingerprint density at radius 1 is 1.10 bits per heavy atom. The van der Waals surface area contributed by atoms with E-state index in [0.717, 1.165) is 19.3 Å². The third-order valence-electron chi connectivity index (χ3n) is 2.43. The van der Waals surface area contributed by atoms with Crippen LogP contribution in [0.2, 0.25) is 0 Å². The first-order valence-corrected chi connectivity index (χ1v) is 8.65. The number of hydrogen-bond acceptors (Lipinski definition) is 6. The average Bonchev–Trinajstić information content (AvgIpc) is 2.11. The van der Waals surface area contributed by atoms with Crippen molar-refractivity contribution >= 4 is 15.2 Å². The number of rotatable bonds is 8. The molecular formula is C8H30N4O6P2. The van der Waals surface area contributed by atoms with Gasteiger partial charge < -0.3 is 52.9 Å². The Balaban J connectivity index is -0.000000427. The third-order valence-corrected chi connectivity index (χ3v) is 6.06. The number of nitrogens with two attached hydrogens (primary N) is 1. The van der Waals surface area contributed by atoms with E-state index in [0.29, 0.717) is 6.42 Å².